The van der Waals surface area contributed by atoms with Crippen LogP contribution in [0.15, 0.2) is 42.7 Å². The van der Waals surface area contributed by atoms with Gasteiger partial charge in [-0.05, 0) is 30.2 Å². The van der Waals surface area contributed by atoms with Crippen molar-refractivity contribution in [3.63, 3.8) is 0 Å². The van der Waals surface area contributed by atoms with Crippen molar-refractivity contribution in [3.8, 4) is 0 Å². The second kappa shape index (κ2) is 9.46. The molecule has 0 unspecified atom stereocenters. The smallest absolute Gasteiger partial charge is 0.293 e. The maximum atomic E-state index is 11.9. The molecule has 1 aromatic heterocycles. The molecule has 0 atom stereocenters. The summed E-state index contributed by atoms with van der Waals surface area (Å²) in [6.07, 6.45) is 3.32. The van der Waals surface area contributed by atoms with E-state index in [9.17, 15) is 18.5 Å². The van der Waals surface area contributed by atoms with Crippen LogP contribution in [0.3, 0.4) is 0 Å². The molecule has 2 aromatic carbocycles. The lowest BCUT2D eigenvalue weighted by Crippen LogP contribution is -2.48. The predicted molar refractivity (Wildman–Crippen MR) is 128 cm³/mol. The summed E-state index contributed by atoms with van der Waals surface area (Å²) < 4.78 is 24.9. The van der Waals surface area contributed by atoms with Crippen molar-refractivity contribution in [1.29, 1.82) is 0 Å². The summed E-state index contributed by atoms with van der Waals surface area (Å²) in [7, 11) is -3.29. The van der Waals surface area contributed by atoms with Crippen LogP contribution in [-0.4, -0.2) is 66.6 Å². The molecule has 10 nitrogen and oxygen atoms in total. The Hall–Kier alpha value is -3.02. The van der Waals surface area contributed by atoms with E-state index in [1.807, 2.05) is 29.2 Å². The lowest BCUT2D eigenvalue weighted by molar-refractivity contribution is -0.384. The molecule has 3 aromatic rings. The topological polar surface area (TPSA) is 122 Å². The van der Waals surface area contributed by atoms with Crippen molar-refractivity contribution in [2.75, 3.05) is 49.2 Å². The Bertz CT molecular complexity index is 1280. The first-order valence-electron chi connectivity index (χ1n) is 10.3. The highest BCUT2D eigenvalue weighted by atomic mass is 35.5. The number of nitrogens with one attached hydrogen (secondary N) is 1. The quantitative estimate of drug-likeness (QED) is 0.396. The number of hydrogen-bond donors (Lipinski definition) is 1. The fraction of sp³-hybridized carbons (Fsp3) is 0.333. The third-order valence-corrected chi connectivity index (χ3v) is 7.15. The molecule has 2 heterocycles. The first kappa shape index (κ1) is 23.1. The number of anilines is 2. The summed E-state index contributed by atoms with van der Waals surface area (Å²) in [4.78, 5) is 21.9. The highest BCUT2D eigenvalue weighted by Gasteiger charge is 2.28. The molecule has 1 saturated heterocycles. The van der Waals surface area contributed by atoms with Gasteiger partial charge >= 0.3 is 0 Å². The molecule has 12 heteroatoms. The van der Waals surface area contributed by atoms with E-state index in [2.05, 4.69) is 15.3 Å². The lowest BCUT2D eigenvalue weighted by atomic mass is 10.1. The number of sulfonamides is 1. The lowest BCUT2D eigenvalue weighted by Gasteiger charge is -2.34. The van der Waals surface area contributed by atoms with Crippen LogP contribution < -0.4 is 10.2 Å². The Morgan fingerprint density at radius 1 is 1.12 bits per heavy atom. The number of rotatable bonds is 7. The Balaban J connectivity index is 1.57. The van der Waals surface area contributed by atoms with Gasteiger partial charge in [-0.25, -0.2) is 18.4 Å². The minimum Gasteiger partial charge on any atom is -0.369 e. The van der Waals surface area contributed by atoms with Gasteiger partial charge in [-0.2, -0.15) is 4.31 Å². The molecule has 0 bridgehead atoms. The van der Waals surface area contributed by atoms with Crippen molar-refractivity contribution in [2.45, 2.75) is 6.42 Å². The van der Waals surface area contributed by atoms with Gasteiger partial charge in [-0.15, -0.1) is 0 Å². The molecule has 1 aliphatic heterocycles. The van der Waals surface area contributed by atoms with Crippen LogP contribution in [0.25, 0.3) is 10.9 Å². The molecular formula is C21H23ClN6O4S. The van der Waals surface area contributed by atoms with E-state index in [4.69, 9.17) is 11.6 Å². The summed E-state index contributed by atoms with van der Waals surface area (Å²) in [5.74, 6) is 0.519. The minimum absolute atomic E-state index is 0.0640. The highest BCUT2D eigenvalue weighted by molar-refractivity contribution is 7.88. The largest absolute Gasteiger partial charge is 0.369 e. The zero-order valence-electron chi connectivity index (χ0n) is 17.9. The van der Waals surface area contributed by atoms with E-state index in [-0.39, 0.29) is 18.8 Å². The van der Waals surface area contributed by atoms with Gasteiger partial charge in [0.25, 0.3) is 5.69 Å². The number of nitro benzene ring substituents is 1. The third kappa shape index (κ3) is 5.32. The van der Waals surface area contributed by atoms with Crippen molar-refractivity contribution in [1.82, 2.24) is 14.3 Å². The van der Waals surface area contributed by atoms with E-state index in [1.54, 1.807) is 6.07 Å². The Kier molecular flexibility index (Phi) is 6.63. The second-order valence-electron chi connectivity index (χ2n) is 7.79. The van der Waals surface area contributed by atoms with Gasteiger partial charge < -0.3 is 10.2 Å². The van der Waals surface area contributed by atoms with Crippen molar-refractivity contribution in [2.24, 2.45) is 0 Å². The maximum absolute atomic E-state index is 11.9. The van der Waals surface area contributed by atoms with Gasteiger partial charge in [0.2, 0.25) is 10.0 Å². The molecule has 0 aliphatic carbocycles. The van der Waals surface area contributed by atoms with Crippen molar-refractivity contribution in [3.05, 3.63) is 63.4 Å². The number of piperazine rings is 1. The normalized spacial score (nSPS) is 15.0. The molecule has 0 amide bonds. The summed E-state index contributed by atoms with van der Waals surface area (Å²) in [6, 6.07) is 10.7. The van der Waals surface area contributed by atoms with E-state index in [0.29, 0.717) is 47.1 Å². The minimum atomic E-state index is -3.29. The number of hydrogen-bond acceptors (Lipinski definition) is 8. The Labute approximate surface area is 196 Å². The van der Waals surface area contributed by atoms with E-state index in [0.717, 1.165) is 12.0 Å². The molecular weight excluding hydrogens is 468 g/mol. The van der Waals surface area contributed by atoms with Gasteiger partial charge in [0.1, 0.15) is 17.8 Å². The standard InChI is InChI=1S/C21H23ClN6O4S/c1-33(31,32)27-10-8-26(9-11-27)19-13-18-17(12-20(19)28(29)30)21(25-14-24-18)23-7-6-15-2-4-16(22)5-3-15/h2-5,12-14H,6-11H2,1H3,(H,23,24,25). The molecule has 33 heavy (non-hydrogen) atoms. The van der Waals surface area contributed by atoms with E-state index in [1.165, 1.54) is 23.0 Å². The molecule has 0 radical (unpaired) electrons. The summed E-state index contributed by atoms with van der Waals surface area (Å²) in [5, 5.41) is 16.3. The Morgan fingerprint density at radius 3 is 2.45 bits per heavy atom. The number of nitro groups is 1. The fourth-order valence-corrected chi connectivity index (χ4v) is 4.81. The molecule has 174 valence electrons. The zero-order valence-corrected chi connectivity index (χ0v) is 19.5. The monoisotopic (exact) mass is 490 g/mol. The number of nitrogens with zero attached hydrogens (tertiary/aromatic N) is 5. The fourth-order valence-electron chi connectivity index (χ4n) is 3.86. The molecule has 1 fully saturated rings. The van der Waals surface area contributed by atoms with E-state index < -0.39 is 14.9 Å². The van der Waals surface area contributed by atoms with Crippen LogP contribution in [0.1, 0.15) is 5.56 Å². The number of fused-ring (bicyclic) bond motifs is 1. The molecule has 4 rings (SSSR count). The number of benzene rings is 2. The van der Waals surface area contributed by atoms with Crippen molar-refractivity contribution >= 4 is 49.7 Å². The van der Waals surface area contributed by atoms with Crippen LogP contribution in [0.5, 0.6) is 0 Å². The van der Waals surface area contributed by atoms with Gasteiger partial charge in [-0.3, -0.25) is 10.1 Å². The molecule has 1 N–H and O–H groups in total. The van der Waals surface area contributed by atoms with Crippen LogP contribution in [0.4, 0.5) is 17.2 Å². The maximum Gasteiger partial charge on any atom is 0.293 e. The molecule has 1 aliphatic rings. The van der Waals surface area contributed by atoms with Crippen LogP contribution in [0, 0.1) is 10.1 Å². The van der Waals surface area contributed by atoms with Crippen molar-refractivity contribution < 1.29 is 13.3 Å². The van der Waals surface area contributed by atoms with Crippen LogP contribution in [-0.2, 0) is 16.4 Å². The van der Waals surface area contributed by atoms with E-state index >= 15 is 0 Å². The number of aromatic nitrogens is 2. The first-order chi connectivity index (χ1) is 15.7. The first-order valence-corrected chi connectivity index (χ1v) is 12.6. The van der Waals surface area contributed by atoms with Gasteiger partial charge in [-0.1, -0.05) is 23.7 Å². The van der Waals surface area contributed by atoms with Gasteiger partial charge in [0.05, 0.1) is 16.7 Å². The highest BCUT2D eigenvalue weighted by Crippen LogP contribution is 2.35. The second-order valence-corrected chi connectivity index (χ2v) is 10.2. The zero-order chi connectivity index (χ0) is 23.6. The number of halogens is 1. The summed E-state index contributed by atoms with van der Waals surface area (Å²) >= 11 is 5.92. The summed E-state index contributed by atoms with van der Waals surface area (Å²) in [5.41, 5.74) is 2.04. The Morgan fingerprint density at radius 2 is 1.82 bits per heavy atom. The summed E-state index contributed by atoms with van der Waals surface area (Å²) in [6.45, 7) is 1.84. The predicted octanol–water partition coefficient (Wildman–Crippen LogP) is 2.93. The molecule has 0 saturated carbocycles. The third-order valence-electron chi connectivity index (χ3n) is 5.60. The average Bonchev–Trinajstić information content (AvgIpc) is 2.79. The van der Waals surface area contributed by atoms with Crippen LogP contribution in [0.2, 0.25) is 5.02 Å². The average molecular weight is 491 g/mol. The molecule has 0 spiro atoms. The van der Waals surface area contributed by atoms with Crippen LogP contribution >= 0.6 is 11.6 Å². The SMILES string of the molecule is CS(=O)(=O)N1CCN(c2cc3ncnc(NCCc4ccc(Cl)cc4)c3cc2[N+](=O)[O-])CC1. The van der Waals surface area contributed by atoms with Gasteiger partial charge in [0.15, 0.2) is 0 Å². The van der Waals surface area contributed by atoms with Gasteiger partial charge in [0, 0.05) is 49.2 Å².